The molecule has 0 saturated heterocycles. The zero-order chi connectivity index (χ0) is 12.8. The van der Waals surface area contributed by atoms with Gasteiger partial charge in [0.2, 0.25) is 0 Å². The number of pyridine rings is 1. The molecular weight excluding hydrogens is 234 g/mol. The van der Waals surface area contributed by atoms with Crippen molar-refractivity contribution in [3.05, 3.63) is 39.8 Å². The number of hydrogen-bond acceptors (Lipinski definition) is 4. The molecule has 2 rings (SSSR count). The molecule has 0 aliphatic heterocycles. The predicted molar refractivity (Wildman–Crippen MR) is 73.3 cm³/mol. The highest BCUT2D eigenvalue weighted by atomic mass is 32.1. The Morgan fingerprint density at radius 3 is 2.65 bits per heavy atom. The molecule has 2 aromatic heterocycles. The Kier molecular flexibility index (Phi) is 4.90. The van der Waals surface area contributed by atoms with Crippen LogP contribution in [0, 0.1) is 6.92 Å². The summed E-state index contributed by atoms with van der Waals surface area (Å²) in [6.07, 6.45) is 3.49. The molecule has 0 aliphatic rings. The molecule has 0 atom stereocenters. The topological polar surface area (TPSA) is 46.9 Å². The van der Waals surface area contributed by atoms with Crippen LogP contribution in [0.1, 0.15) is 18.7 Å². The fourth-order valence-corrected chi connectivity index (χ4v) is 2.03. The summed E-state index contributed by atoms with van der Waals surface area (Å²) in [5.41, 5.74) is 0.500. The highest BCUT2D eigenvalue weighted by Gasteiger charge is 2.05. The summed E-state index contributed by atoms with van der Waals surface area (Å²) in [6, 6.07) is 3.57. The van der Waals surface area contributed by atoms with Crippen molar-refractivity contribution in [2.45, 2.75) is 20.8 Å². The molecule has 0 radical (unpaired) electrons. The lowest BCUT2D eigenvalue weighted by atomic mass is 10.4. The number of nitrogens with zero attached hydrogens (tertiary/aromatic N) is 2. The van der Waals surface area contributed by atoms with Crippen molar-refractivity contribution in [3.63, 3.8) is 0 Å². The van der Waals surface area contributed by atoms with Gasteiger partial charge in [0.25, 0.3) is 5.56 Å². The van der Waals surface area contributed by atoms with Crippen LogP contribution in [0.2, 0.25) is 0 Å². The summed E-state index contributed by atoms with van der Waals surface area (Å²) in [5.74, 6) is 0. The molecule has 5 heteroatoms. The van der Waals surface area contributed by atoms with E-state index in [1.54, 1.807) is 30.1 Å². The molecule has 2 heterocycles. The van der Waals surface area contributed by atoms with Crippen LogP contribution >= 0.6 is 11.3 Å². The smallest absolute Gasteiger partial charge is 0.280 e. The van der Waals surface area contributed by atoms with Gasteiger partial charge < -0.3 is 5.32 Å². The largest absolute Gasteiger partial charge is 0.384 e. The van der Waals surface area contributed by atoms with Crippen LogP contribution in [0.4, 0.5) is 5.69 Å². The van der Waals surface area contributed by atoms with Crippen LogP contribution in [0.3, 0.4) is 0 Å². The third-order valence-corrected chi connectivity index (χ3v) is 2.94. The summed E-state index contributed by atoms with van der Waals surface area (Å²) in [5, 5.41) is 3.56. The Balaban J connectivity index is 0.000000686. The molecule has 4 nitrogen and oxygen atoms in total. The van der Waals surface area contributed by atoms with Crippen LogP contribution in [-0.4, -0.2) is 16.6 Å². The fourth-order valence-electron chi connectivity index (χ4n) is 1.29. The predicted octanol–water partition coefficient (Wildman–Crippen LogP) is 2.67. The van der Waals surface area contributed by atoms with Crippen molar-refractivity contribution in [2.75, 3.05) is 12.4 Å². The first-order valence-corrected chi connectivity index (χ1v) is 6.36. The van der Waals surface area contributed by atoms with E-state index in [2.05, 4.69) is 10.3 Å². The summed E-state index contributed by atoms with van der Waals surface area (Å²) in [4.78, 5) is 17.1. The van der Waals surface area contributed by atoms with Gasteiger partial charge in [0.1, 0.15) is 5.69 Å². The molecule has 0 aliphatic carbocycles. The third kappa shape index (κ3) is 2.94. The second kappa shape index (κ2) is 6.20. The number of nitrogens with one attached hydrogen (secondary N) is 1. The van der Waals surface area contributed by atoms with Gasteiger partial charge in [-0.15, -0.1) is 11.3 Å². The van der Waals surface area contributed by atoms with E-state index in [4.69, 9.17) is 0 Å². The Labute approximate surface area is 105 Å². The van der Waals surface area contributed by atoms with Crippen molar-refractivity contribution < 1.29 is 0 Å². The third-order valence-electron chi connectivity index (χ3n) is 2.03. The number of hydrogen-bond donors (Lipinski definition) is 1. The molecule has 1 N–H and O–H groups in total. The van der Waals surface area contributed by atoms with Gasteiger partial charge in [0, 0.05) is 24.3 Å². The van der Waals surface area contributed by atoms with Gasteiger partial charge in [-0.25, -0.2) is 4.98 Å². The Morgan fingerprint density at radius 1 is 1.41 bits per heavy atom. The second-order valence-corrected chi connectivity index (χ2v) is 4.31. The summed E-state index contributed by atoms with van der Waals surface area (Å²) < 4.78 is 1.55. The molecule has 17 heavy (non-hydrogen) atoms. The lowest BCUT2D eigenvalue weighted by Gasteiger charge is -2.03. The average Bonchev–Trinajstić information content (AvgIpc) is 2.78. The summed E-state index contributed by atoms with van der Waals surface area (Å²) >= 11 is 1.50. The van der Waals surface area contributed by atoms with Crippen LogP contribution in [-0.2, 0) is 0 Å². The Bertz CT molecular complexity index is 531. The quantitative estimate of drug-likeness (QED) is 0.892. The fraction of sp³-hybridized carbons (Fsp3) is 0.333. The van der Waals surface area contributed by atoms with Gasteiger partial charge in [-0.1, -0.05) is 13.8 Å². The first kappa shape index (κ1) is 13.4. The van der Waals surface area contributed by atoms with Gasteiger partial charge in [-0.2, -0.15) is 0 Å². The van der Waals surface area contributed by atoms with E-state index in [-0.39, 0.29) is 5.56 Å². The number of aryl methyl sites for hydroxylation is 1. The molecule has 0 aromatic carbocycles. The molecule has 0 spiro atoms. The zero-order valence-corrected chi connectivity index (χ0v) is 11.3. The van der Waals surface area contributed by atoms with Crippen LogP contribution < -0.4 is 10.9 Å². The molecule has 0 fully saturated rings. The summed E-state index contributed by atoms with van der Waals surface area (Å²) in [7, 11) is 1.73. The average molecular weight is 251 g/mol. The van der Waals surface area contributed by atoms with E-state index in [0.717, 1.165) is 4.88 Å². The number of rotatable bonds is 2. The molecular formula is C12H17N3OS. The highest BCUT2D eigenvalue weighted by molar-refractivity contribution is 7.13. The SMILES string of the molecule is CC.CNc1cccn(-c2ncc(C)s2)c1=O. The van der Waals surface area contributed by atoms with E-state index in [1.165, 1.54) is 11.3 Å². The number of anilines is 1. The van der Waals surface area contributed by atoms with Crippen molar-refractivity contribution in [3.8, 4) is 5.13 Å². The number of thiazole rings is 1. The number of aromatic nitrogens is 2. The maximum absolute atomic E-state index is 11.9. The van der Waals surface area contributed by atoms with Crippen molar-refractivity contribution in [1.29, 1.82) is 0 Å². The molecule has 0 amide bonds. The van der Waals surface area contributed by atoms with Gasteiger partial charge >= 0.3 is 0 Å². The minimum absolute atomic E-state index is 0.0747. The van der Waals surface area contributed by atoms with Gasteiger partial charge in [0.05, 0.1) is 0 Å². The maximum atomic E-state index is 11.9. The lowest BCUT2D eigenvalue weighted by molar-refractivity contribution is 0.973. The standard InChI is InChI=1S/C10H11N3OS.C2H6/c1-7-6-12-10(15-7)13-5-3-4-8(11-2)9(13)14;1-2/h3-6,11H,1-2H3;1-2H3. The van der Waals surface area contributed by atoms with Gasteiger partial charge in [-0.05, 0) is 19.1 Å². The van der Waals surface area contributed by atoms with Crippen LogP contribution in [0.15, 0.2) is 29.3 Å². The first-order valence-electron chi connectivity index (χ1n) is 5.54. The minimum atomic E-state index is -0.0747. The summed E-state index contributed by atoms with van der Waals surface area (Å²) in [6.45, 7) is 5.97. The highest BCUT2D eigenvalue weighted by Crippen LogP contribution is 2.14. The van der Waals surface area contributed by atoms with Crippen LogP contribution in [0.25, 0.3) is 5.13 Å². The normalized spacial score (nSPS) is 9.41. The first-order chi connectivity index (χ1) is 8.22. The zero-order valence-electron chi connectivity index (χ0n) is 10.5. The Morgan fingerprint density at radius 2 is 2.12 bits per heavy atom. The van der Waals surface area contributed by atoms with Crippen molar-refractivity contribution in [1.82, 2.24) is 9.55 Å². The second-order valence-electron chi connectivity index (χ2n) is 3.10. The van der Waals surface area contributed by atoms with Crippen molar-refractivity contribution >= 4 is 17.0 Å². The van der Waals surface area contributed by atoms with E-state index in [9.17, 15) is 4.79 Å². The van der Waals surface area contributed by atoms with Gasteiger partial charge in [0.15, 0.2) is 5.13 Å². The molecule has 92 valence electrons. The molecule has 2 aromatic rings. The molecule has 0 unspecified atom stereocenters. The van der Waals surface area contributed by atoms with E-state index >= 15 is 0 Å². The van der Waals surface area contributed by atoms with E-state index in [1.807, 2.05) is 26.8 Å². The molecule has 0 bridgehead atoms. The van der Waals surface area contributed by atoms with E-state index < -0.39 is 0 Å². The molecule has 0 saturated carbocycles. The van der Waals surface area contributed by atoms with Crippen LogP contribution in [0.5, 0.6) is 0 Å². The minimum Gasteiger partial charge on any atom is -0.384 e. The van der Waals surface area contributed by atoms with E-state index in [0.29, 0.717) is 10.8 Å². The van der Waals surface area contributed by atoms with Crippen molar-refractivity contribution in [2.24, 2.45) is 0 Å². The Hall–Kier alpha value is -1.62. The monoisotopic (exact) mass is 251 g/mol. The van der Waals surface area contributed by atoms with Gasteiger partial charge in [-0.3, -0.25) is 9.36 Å². The lowest BCUT2D eigenvalue weighted by Crippen LogP contribution is -2.19. The maximum Gasteiger partial charge on any atom is 0.280 e.